The molecule has 0 aliphatic carbocycles. The van der Waals surface area contributed by atoms with Crippen LogP contribution in [0.2, 0.25) is 5.02 Å². The largest absolute Gasteiger partial charge is 0.402 e. The third-order valence-electron chi connectivity index (χ3n) is 4.02. The Morgan fingerprint density at radius 2 is 1.81 bits per heavy atom. The van der Waals surface area contributed by atoms with Crippen molar-refractivity contribution >= 4 is 23.3 Å². The molecule has 0 aliphatic heterocycles. The second-order valence-electron chi connectivity index (χ2n) is 5.87. The minimum atomic E-state index is -0.775. The van der Waals surface area contributed by atoms with Crippen LogP contribution < -0.4 is 4.74 Å². The van der Waals surface area contributed by atoms with E-state index < -0.39 is 10.9 Å². The van der Waals surface area contributed by atoms with E-state index in [0.717, 1.165) is 17.2 Å². The highest BCUT2D eigenvalue weighted by molar-refractivity contribution is 6.33. The lowest BCUT2D eigenvalue weighted by atomic mass is 10.0. The number of halogens is 1. The van der Waals surface area contributed by atoms with Crippen LogP contribution in [-0.4, -0.2) is 21.1 Å². The van der Waals surface area contributed by atoms with Gasteiger partial charge in [-0.2, -0.15) is 0 Å². The highest BCUT2D eigenvalue weighted by atomic mass is 35.5. The Balaban J connectivity index is 1.77. The van der Waals surface area contributed by atoms with E-state index in [1.54, 1.807) is 6.07 Å². The zero-order valence-electron chi connectivity index (χ0n) is 14.5. The predicted molar refractivity (Wildman–Crippen MR) is 100 cm³/mol. The van der Waals surface area contributed by atoms with Crippen LogP contribution in [0.25, 0.3) is 11.3 Å². The highest BCUT2D eigenvalue weighted by Gasteiger charge is 2.17. The lowest BCUT2D eigenvalue weighted by molar-refractivity contribution is -0.384. The fourth-order valence-corrected chi connectivity index (χ4v) is 2.61. The number of nitro groups is 1. The van der Waals surface area contributed by atoms with Gasteiger partial charge >= 0.3 is 5.97 Å². The molecule has 1 heterocycles. The number of nitrogens with zero attached hydrogens (tertiary/aromatic N) is 3. The molecule has 0 saturated carbocycles. The van der Waals surface area contributed by atoms with Crippen molar-refractivity contribution in [1.82, 2.24) is 10.2 Å². The Labute approximate surface area is 159 Å². The molecule has 1 aromatic heterocycles. The van der Waals surface area contributed by atoms with Crippen LogP contribution in [0.1, 0.15) is 21.5 Å². The van der Waals surface area contributed by atoms with Crippen molar-refractivity contribution in [2.75, 3.05) is 0 Å². The minimum Gasteiger partial charge on any atom is -0.402 e. The molecule has 0 fully saturated rings. The number of rotatable bonds is 4. The maximum absolute atomic E-state index is 12.2. The third kappa shape index (κ3) is 4.09. The first kappa shape index (κ1) is 18.5. The van der Waals surface area contributed by atoms with E-state index in [2.05, 4.69) is 10.2 Å². The summed E-state index contributed by atoms with van der Waals surface area (Å²) in [5, 5.41) is 18.6. The number of hydrogen-bond donors (Lipinski definition) is 0. The Morgan fingerprint density at radius 1 is 1.04 bits per heavy atom. The molecule has 8 heteroatoms. The molecule has 136 valence electrons. The number of ether oxygens (including phenoxy) is 1. The van der Waals surface area contributed by atoms with Crippen molar-refractivity contribution in [3.63, 3.8) is 0 Å². The fourth-order valence-electron chi connectivity index (χ4n) is 2.36. The van der Waals surface area contributed by atoms with E-state index in [4.69, 9.17) is 16.3 Å². The molecular weight excluding hydrogens is 370 g/mol. The first-order valence-electron chi connectivity index (χ1n) is 7.92. The van der Waals surface area contributed by atoms with Gasteiger partial charge in [0, 0.05) is 23.8 Å². The second kappa shape index (κ2) is 7.51. The fraction of sp³-hybridized carbons (Fsp3) is 0.105. The highest BCUT2D eigenvalue weighted by Crippen LogP contribution is 2.24. The van der Waals surface area contributed by atoms with Gasteiger partial charge in [-0.15, -0.1) is 10.2 Å². The summed E-state index contributed by atoms with van der Waals surface area (Å²) < 4.78 is 5.15. The Morgan fingerprint density at radius 3 is 2.41 bits per heavy atom. The second-order valence-corrected chi connectivity index (χ2v) is 6.27. The van der Waals surface area contributed by atoms with Crippen molar-refractivity contribution in [3.05, 3.63) is 80.4 Å². The zero-order chi connectivity index (χ0) is 19.6. The smallest absolute Gasteiger partial charge is 0.346 e. The number of aromatic nitrogens is 2. The van der Waals surface area contributed by atoms with Crippen molar-refractivity contribution < 1.29 is 14.5 Å². The van der Waals surface area contributed by atoms with Gasteiger partial charge in [-0.1, -0.05) is 23.7 Å². The van der Waals surface area contributed by atoms with Crippen molar-refractivity contribution in [2.24, 2.45) is 0 Å². The van der Waals surface area contributed by atoms with Crippen LogP contribution >= 0.6 is 11.6 Å². The lowest BCUT2D eigenvalue weighted by Gasteiger charge is -2.06. The first-order valence-corrected chi connectivity index (χ1v) is 8.30. The minimum absolute atomic E-state index is 0.00185. The molecule has 2 aromatic carbocycles. The number of carbonyl (C=O) groups excluding carboxylic acids is 1. The Hall–Kier alpha value is -3.32. The summed E-state index contributed by atoms with van der Waals surface area (Å²) in [7, 11) is 0. The molecule has 0 amide bonds. The van der Waals surface area contributed by atoms with Crippen LogP contribution in [0.5, 0.6) is 5.88 Å². The average Bonchev–Trinajstić information content (AvgIpc) is 2.64. The zero-order valence-corrected chi connectivity index (χ0v) is 15.2. The van der Waals surface area contributed by atoms with Gasteiger partial charge in [0.05, 0.1) is 21.2 Å². The number of carbonyl (C=O) groups is 1. The van der Waals surface area contributed by atoms with Gasteiger partial charge < -0.3 is 4.74 Å². The van der Waals surface area contributed by atoms with Crippen LogP contribution in [0.3, 0.4) is 0 Å². The standard InChI is InChI=1S/C19H14ClN3O4/c1-11-3-4-13(9-12(11)2)17-7-8-18(22-21-17)27-19(24)15-6-5-14(23(25)26)10-16(15)20/h3-10H,1-2H3. The van der Waals surface area contributed by atoms with Gasteiger partial charge in [0.2, 0.25) is 5.88 Å². The number of esters is 1. The van der Waals surface area contributed by atoms with Crippen LogP contribution in [-0.2, 0) is 0 Å². The summed E-state index contributed by atoms with van der Waals surface area (Å²) in [5.74, 6) is -0.773. The SMILES string of the molecule is Cc1ccc(-c2ccc(OC(=O)c3ccc([N+](=O)[O-])cc3Cl)nn2)cc1C. The number of nitro benzene ring substituents is 1. The molecule has 0 bridgehead atoms. The number of benzene rings is 2. The summed E-state index contributed by atoms with van der Waals surface area (Å²) in [6, 6.07) is 12.7. The molecular formula is C19H14ClN3O4. The summed E-state index contributed by atoms with van der Waals surface area (Å²) >= 11 is 5.93. The van der Waals surface area contributed by atoms with Crippen LogP contribution in [0.15, 0.2) is 48.5 Å². The molecule has 3 rings (SSSR count). The number of non-ortho nitro benzene ring substituents is 1. The molecule has 0 N–H and O–H groups in total. The summed E-state index contributed by atoms with van der Waals surface area (Å²) in [6.45, 7) is 4.03. The van der Waals surface area contributed by atoms with E-state index in [0.29, 0.717) is 5.69 Å². The monoisotopic (exact) mass is 383 g/mol. The summed E-state index contributed by atoms with van der Waals surface area (Å²) in [5.41, 5.74) is 3.65. The molecule has 0 aliphatic rings. The topological polar surface area (TPSA) is 95.2 Å². The normalized spacial score (nSPS) is 10.5. The molecule has 7 nitrogen and oxygen atoms in total. The van der Waals surface area contributed by atoms with Gasteiger partial charge in [-0.3, -0.25) is 10.1 Å². The van der Waals surface area contributed by atoms with E-state index in [9.17, 15) is 14.9 Å². The average molecular weight is 384 g/mol. The van der Waals surface area contributed by atoms with E-state index in [1.165, 1.54) is 23.8 Å². The van der Waals surface area contributed by atoms with Gasteiger partial charge in [-0.25, -0.2) is 4.79 Å². The molecule has 0 radical (unpaired) electrons. The Bertz CT molecular complexity index is 1040. The first-order chi connectivity index (χ1) is 12.8. The van der Waals surface area contributed by atoms with Crippen LogP contribution in [0, 0.1) is 24.0 Å². The molecule has 0 saturated heterocycles. The summed E-state index contributed by atoms with van der Waals surface area (Å²) in [6.07, 6.45) is 0. The Kier molecular flexibility index (Phi) is 5.14. The van der Waals surface area contributed by atoms with Crippen molar-refractivity contribution in [3.8, 4) is 17.1 Å². The maximum atomic E-state index is 12.2. The van der Waals surface area contributed by atoms with E-state index in [1.807, 2.05) is 32.0 Å². The molecule has 3 aromatic rings. The van der Waals surface area contributed by atoms with Gasteiger partial charge in [0.1, 0.15) is 0 Å². The molecule has 0 atom stereocenters. The third-order valence-corrected chi connectivity index (χ3v) is 4.34. The van der Waals surface area contributed by atoms with Crippen molar-refractivity contribution in [2.45, 2.75) is 13.8 Å². The lowest BCUT2D eigenvalue weighted by Crippen LogP contribution is -2.10. The van der Waals surface area contributed by atoms with Crippen LogP contribution in [0.4, 0.5) is 5.69 Å². The number of hydrogen-bond acceptors (Lipinski definition) is 6. The van der Waals surface area contributed by atoms with Gasteiger partial charge in [-0.05, 0) is 43.2 Å². The predicted octanol–water partition coefficient (Wildman–Crippen LogP) is 4.54. The molecule has 0 unspecified atom stereocenters. The molecule has 27 heavy (non-hydrogen) atoms. The van der Waals surface area contributed by atoms with Crippen molar-refractivity contribution in [1.29, 1.82) is 0 Å². The number of aryl methyl sites for hydroxylation is 2. The maximum Gasteiger partial charge on any atom is 0.346 e. The van der Waals surface area contributed by atoms with E-state index >= 15 is 0 Å². The van der Waals surface area contributed by atoms with Gasteiger partial charge in [0.15, 0.2) is 0 Å². The molecule has 0 spiro atoms. The summed E-state index contributed by atoms with van der Waals surface area (Å²) in [4.78, 5) is 22.3. The van der Waals surface area contributed by atoms with Gasteiger partial charge in [0.25, 0.3) is 5.69 Å². The van der Waals surface area contributed by atoms with E-state index in [-0.39, 0.29) is 22.2 Å². The quantitative estimate of drug-likeness (QED) is 0.373.